The van der Waals surface area contributed by atoms with Gasteiger partial charge in [-0.15, -0.1) is 0 Å². The number of carbonyl (C=O) groups excluding carboxylic acids is 1. The quantitative estimate of drug-likeness (QED) is 0.780. The van der Waals surface area contributed by atoms with Gasteiger partial charge in [0.05, 0.1) is 12.2 Å². The van der Waals surface area contributed by atoms with Crippen molar-refractivity contribution in [1.29, 1.82) is 0 Å². The van der Waals surface area contributed by atoms with E-state index in [9.17, 15) is 18.0 Å². The molecule has 0 saturated carbocycles. The van der Waals surface area contributed by atoms with Crippen molar-refractivity contribution in [2.75, 3.05) is 11.9 Å². The van der Waals surface area contributed by atoms with Gasteiger partial charge in [-0.2, -0.15) is 13.2 Å². The summed E-state index contributed by atoms with van der Waals surface area (Å²) in [5.41, 5.74) is 0.278. The van der Waals surface area contributed by atoms with Crippen molar-refractivity contribution >= 4 is 11.7 Å². The number of hydrogen-bond acceptors (Lipinski definition) is 3. The molecule has 2 amide bonds. The summed E-state index contributed by atoms with van der Waals surface area (Å²) in [5, 5.41) is 13.2. The Hall–Kier alpha value is -2.74. The van der Waals surface area contributed by atoms with Crippen LogP contribution in [0.4, 0.5) is 23.7 Å². The van der Waals surface area contributed by atoms with Gasteiger partial charge >= 0.3 is 12.2 Å². The number of urea groups is 1. The lowest BCUT2D eigenvalue weighted by atomic mass is 10.3. The topological polar surface area (TPSA) is 70.6 Å². The van der Waals surface area contributed by atoms with Crippen molar-refractivity contribution in [2.24, 2.45) is 0 Å². The average Bonchev–Trinajstić information content (AvgIpc) is 2.54. The Kier molecular flexibility index (Phi) is 5.64. The lowest BCUT2D eigenvalue weighted by Gasteiger charge is -2.16. The summed E-state index contributed by atoms with van der Waals surface area (Å²) in [4.78, 5) is 11.7. The number of carbonyl (C=O) groups is 1. The zero-order valence-corrected chi connectivity index (χ0v) is 12.4. The Labute approximate surface area is 136 Å². The second-order valence-corrected chi connectivity index (χ2v) is 4.80. The molecule has 0 unspecified atom stereocenters. The molecule has 5 nitrogen and oxygen atoms in total. The third-order valence-corrected chi connectivity index (χ3v) is 2.94. The average molecular weight is 340 g/mol. The molecule has 0 aliphatic rings. The normalized spacial score (nSPS) is 12.3. The molecule has 24 heavy (non-hydrogen) atoms. The zero-order chi connectivity index (χ0) is 17.6. The highest BCUT2D eigenvalue weighted by Gasteiger charge is 2.38. The molecule has 0 aliphatic heterocycles. The molecular weight excluding hydrogens is 325 g/mol. The number of rotatable bonds is 5. The minimum Gasteiger partial charge on any atom is -0.455 e. The number of ether oxygens (including phenoxy) is 1. The minimum absolute atomic E-state index is 0.278. The lowest BCUT2D eigenvalue weighted by molar-refractivity contribution is -0.201. The fourth-order valence-electron chi connectivity index (χ4n) is 1.75. The molecule has 2 rings (SSSR count). The second-order valence-electron chi connectivity index (χ2n) is 4.80. The summed E-state index contributed by atoms with van der Waals surface area (Å²) >= 11 is 0. The maximum atomic E-state index is 12.2. The van der Waals surface area contributed by atoms with E-state index in [-0.39, 0.29) is 5.69 Å². The number of para-hydroxylation sites is 3. The predicted molar refractivity (Wildman–Crippen MR) is 82.0 cm³/mol. The van der Waals surface area contributed by atoms with Gasteiger partial charge in [0.25, 0.3) is 0 Å². The largest absolute Gasteiger partial charge is 0.455 e. The minimum atomic E-state index is -4.79. The lowest BCUT2D eigenvalue weighted by Crippen LogP contribution is -2.42. The van der Waals surface area contributed by atoms with E-state index < -0.39 is 24.9 Å². The summed E-state index contributed by atoms with van der Waals surface area (Å²) in [6, 6.07) is 14.4. The van der Waals surface area contributed by atoms with Gasteiger partial charge in [-0.3, -0.25) is 0 Å². The second kappa shape index (κ2) is 7.69. The van der Waals surface area contributed by atoms with Crippen LogP contribution in [0.3, 0.4) is 0 Å². The number of benzene rings is 2. The fourth-order valence-corrected chi connectivity index (χ4v) is 1.75. The maximum absolute atomic E-state index is 12.2. The van der Waals surface area contributed by atoms with Crippen molar-refractivity contribution in [2.45, 2.75) is 12.3 Å². The molecule has 0 aliphatic carbocycles. The Morgan fingerprint density at radius 1 is 1.08 bits per heavy atom. The van der Waals surface area contributed by atoms with Crippen LogP contribution in [0.5, 0.6) is 11.5 Å². The number of halogens is 3. The highest BCUT2D eigenvalue weighted by Crippen LogP contribution is 2.29. The fraction of sp³-hybridized carbons (Fsp3) is 0.188. The Bertz CT molecular complexity index is 678. The molecule has 1 atom stereocenters. The van der Waals surface area contributed by atoms with Gasteiger partial charge in [-0.1, -0.05) is 30.3 Å². The highest BCUT2D eigenvalue weighted by molar-refractivity contribution is 5.90. The molecule has 2 aromatic carbocycles. The molecule has 0 aromatic heterocycles. The van der Waals surface area contributed by atoms with E-state index in [4.69, 9.17) is 9.84 Å². The smallest absolute Gasteiger partial charge is 0.416 e. The number of nitrogens with one attached hydrogen (secondary N) is 2. The van der Waals surface area contributed by atoms with Crippen molar-refractivity contribution in [1.82, 2.24) is 5.32 Å². The van der Waals surface area contributed by atoms with Crippen molar-refractivity contribution in [3.63, 3.8) is 0 Å². The molecule has 128 valence electrons. The predicted octanol–water partition coefficient (Wildman–Crippen LogP) is 3.52. The van der Waals surface area contributed by atoms with Crippen LogP contribution in [-0.4, -0.2) is 30.0 Å². The Morgan fingerprint density at radius 2 is 1.71 bits per heavy atom. The van der Waals surface area contributed by atoms with Crippen LogP contribution in [-0.2, 0) is 0 Å². The molecule has 8 heteroatoms. The van der Waals surface area contributed by atoms with E-state index in [1.807, 2.05) is 11.4 Å². The molecule has 0 fully saturated rings. The van der Waals surface area contributed by atoms with Gasteiger partial charge in [-0.05, 0) is 24.3 Å². The van der Waals surface area contributed by atoms with E-state index in [2.05, 4.69) is 5.32 Å². The van der Waals surface area contributed by atoms with Gasteiger partial charge < -0.3 is 20.5 Å². The first-order valence-corrected chi connectivity index (χ1v) is 6.98. The van der Waals surface area contributed by atoms with E-state index in [0.717, 1.165) is 0 Å². The summed E-state index contributed by atoms with van der Waals surface area (Å²) in [7, 11) is 0. The molecule has 2 aromatic rings. The number of alkyl halides is 3. The zero-order valence-electron chi connectivity index (χ0n) is 12.4. The van der Waals surface area contributed by atoms with Crippen molar-refractivity contribution in [3.05, 3.63) is 54.6 Å². The van der Waals surface area contributed by atoms with Gasteiger partial charge in [0.2, 0.25) is 0 Å². The molecule has 0 spiro atoms. The van der Waals surface area contributed by atoms with Crippen LogP contribution in [0.15, 0.2) is 54.6 Å². The third kappa shape index (κ3) is 5.17. The monoisotopic (exact) mass is 340 g/mol. The summed E-state index contributed by atoms with van der Waals surface area (Å²) in [5.74, 6) is 0.870. The Morgan fingerprint density at radius 3 is 2.38 bits per heavy atom. The van der Waals surface area contributed by atoms with Crippen molar-refractivity contribution < 1.29 is 27.8 Å². The maximum Gasteiger partial charge on any atom is 0.416 e. The van der Waals surface area contributed by atoms with E-state index >= 15 is 0 Å². The number of aliphatic hydroxyl groups excluding tert-OH is 1. The number of hydrogen-bond donors (Lipinski definition) is 3. The first kappa shape index (κ1) is 17.6. The summed E-state index contributed by atoms with van der Waals surface area (Å²) in [6.07, 6.45) is -7.42. The standard InChI is InChI=1S/C16H15F3N2O3/c17-16(18,19)14(22)10-20-15(23)21-12-8-4-5-9-13(12)24-11-6-2-1-3-7-11/h1-9,14,22H,10H2,(H2,20,21,23)/t14-/m0/s1. The third-order valence-electron chi connectivity index (χ3n) is 2.94. The number of aliphatic hydroxyl groups is 1. The van der Waals surface area contributed by atoms with Gasteiger partial charge in [0.1, 0.15) is 5.75 Å². The molecule has 0 bridgehead atoms. The molecule has 0 saturated heterocycles. The Balaban J connectivity index is 1.98. The first-order valence-electron chi connectivity index (χ1n) is 6.98. The molecule has 3 N–H and O–H groups in total. The van der Waals surface area contributed by atoms with E-state index in [1.165, 1.54) is 6.07 Å². The van der Waals surface area contributed by atoms with E-state index in [0.29, 0.717) is 11.5 Å². The highest BCUT2D eigenvalue weighted by atomic mass is 19.4. The van der Waals surface area contributed by atoms with Crippen LogP contribution in [0.2, 0.25) is 0 Å². The van der Waals surface area contributed by atoms with Gasteiger partial charge in [0.15, 0.2) is 11.9 Å². The van der Waals surface area contributed by atoms with Crippen LogP contribution in [0.25, 0.3) is 0 Å². The molecule has 0 heterocycles. The van der Waals surface area contributed by atoms with Gasteiger partial charge in [-0.25, -0.2) is 4.79 Å². The van der Waals surface area contributed by atoms with E-state index in [1.54, 1.807) is 42.5 Å². The van der Waals surface area contributed by atoms with Crippen LogP contribution < -0.4 is 15.4 Å². The van der Waals surface area contributed by atoms with Crippen LogP contribution >= 0.6 is 0 Å². The molecule has 0 radical (unpaired) electrons. The van der Waals surface area contributed by atoms with Gasteiger partial charge in [0, 0.05) is 0 Å². The van der Waals surface area contributed by atoms with Crippen LogP contribution in [0, 0.1) is 0 Å². The molecular formula is C16H15F3N2O3. The summed E-state index contributed by atoms with van der Waals surface area (Å²) < 4.78 is 42.2. The van der Waals surface area contributed by atoms with Crippen LogP contribution in [0.1, 0.15) is 0 Å². The summed E-state index contributed by atoms with van der Waals surface area (Å²) in [6.45, 7) is -0.947. The number of amides is 2. The SMILES string of the molecule is O=C(NC[C@H](O)C(F)(F)F)Nc1ccccc1Oc1ccccc1. The van der Waals surface area contributed by atoms with Crippen molar-refractivity contribution in [3.8, 4) is 11.5 Å². The first-order chi connectivity index (χ1) is 11.4. The number of anilines is 1.